The summed E-state index contributed by atoms with van der Waals surface area (Å²) in [6.07, 6.45) is 1.70. The molecule has 3 rings (SSSR count). The molecule has 0 atom stereocenters. The van der Waals surface area contributed by atoms with Crippen molar-refractivity contribution in [2.75, 3.05) is 6.61 Å². The Morgan fingerprint density at radius 1 is 1.14 bits per heavy atom. The third-order valence-corrected chi connectivity index (χ3v) is 4.07. The van der Waals surface area contributed by atoms with E-state index in [-0.39, 0.29) is 24.9 Å². The van der Waals surface area contributed by atoms with Crippen LogP contribution in [-0.4, -0.2) is 38.7 Å². The number of benzene rings is 2. The van der Waals surface area contributed by atoms with Crippen LogP contribution in [0.4, 0.5) is 0 Å². The van der Waals surface area contributed by atoms with Crippen molar-refractivity contribution in [3.63, 3.8) is 0 Å². The number of halogens is 1. The van der Waals surface area contributed by atoms with Gasteiger partial charge in [-0.3, -0.25) is 9.59 Å². The van der Waals surface area contributed by atoms with Gasteiger partial charge in [-0.2, -0.15) is 0 Å². The summed E-state index contributed by atoms with van der Waals surface area (Å²) in [5.41, 5.74) is 1.57. The molecule has 9 heteroatoms. The summed E-state index contributed by atoms with van der Waals surface area (Å²) < 4.78 is 6.22. The number of esters is 1. The first-order valence-electron chi connectivity index (χ1n) is 8.82. The summed E-state index contributed by atoms with van der Waals surface area (Å²) in [4.78, 5) is 24.6. The minimum absolute atomic E-state index is 0.185. The van der Waals surface area contributed by atoms with Crippen LogP contribution in [0.2, 0.25) is 5.02 Å². The quantitative estimate of drug-likeness (QED) is 0.600. The van der Waals surface area contributed by atoms with E-state index in [0.717, 1.165) is 5.56 Å². The number of rotatable bonds is 7. The zero-order valence-electron chi connectivity index (χ0n) is 15.6. The number of aromatic nitrogens is 4. The molecule has 1 aromatic heterocycles. The lowest BCUT2D eigenvalue weighted by atomic mass is 10.1. The van der Waals surface area contributed by atoms with E-state index in [0.29, 0.717) is 16.3 Å². The van der Waals surface area contributed by atoms with Gasteiger partial charge in [-0.05, 0) is 53.3 Å². The number of carbonyl (C=O) groups excluding carboxylic acids is 2. The standard InChI is InChI=1S/C20H18ClN5O3/c1-2-29-18(27)13-26-19(23-24-25-26)17(12-14-8-10-16(21)11-9-14)22-20(28)15-6-4-3-5-7-15/h3-12H,2,13H2,1H3,(H,22,28)/b17-12-. The normalized spacial score (nSPS) is 11.2. The SMILES string of the molecule is CCOC(=O)Cn1nnnc1/C(=C/c1ccc(Cl)cc1)NC(=O)c1ccccc1. The van der Waals surface area contributed by atoms with Gasteiger partial charge in [0, 0.05) is 10.6 Å². The molecule has 0 aliphatic rings. The topological polar surface area (TPSA) is 99.0 Å². The van der Waals surface area contributed by atoms with Gasteiger partial charge in [0.2, 0.25) is 0 Å². The Kier molecular flexibility index (Phi) is 6.70. The molecule has 2 aromatic carbocycles. The van der Waals surface area contributed by atoms with Crippen LogP contribution in [0.25, 0.3) is 11.8 Å². The molecule has 1 heterocycles. The Morgan fingerprint density at radius 2 is 1.86 bits per heavy atom. The minimum Gasteiger partial charge on any atom is -0.465 e. The van der Waals surface area contributed by atoms with Crippen molar-refractivity contribution < 1.29 is 14.3 Å². The van der Waals surface area contributed by atoms with Gasteiger partial charge in [0.15, 0.2) is 5.82 Å². The molecule has 0 saturated heterocycles. The maximum atomic E-state index is 12.7. The first-order chi connectivity index (χ1) is 14.1. The first-order valence-corrected chi connectivity index (χ1v) is 9.20. The van der Waals surface area contributed by atoms with Crippen LogP contribution >= 0.6 is 11.6 Å². The Bertz CT molecular complexity index is 1020. The van der Waals surface area contributed by atoms with Gasteiger partial charge in [0.1, 0.15) is 6.54 Å². The maximum Gasteiger partial charge on any atom is 0.327 e. The molecule has 0 fully saturated rings. The predicted molar refractivity (Wildman–Crippen MR) is 108 cm³/mol. The highest BCUT2D eigenvalue weighted by Gasteiger charge is 2.18. The average Bonchev–Trinajstić information content (AvgIpc) is 3.18. The zero-order chi connectivity index (χ0) is 20.6. The summed E-state index contributed by atoms with van der Waals surface area (Å²) >= 11 is 5.95. The lowest BCUT2D eigenvalue weighted by Gasteiger charge is -2.11. The smallest absolute Gasteiger partial charge is 0.327 e. The van der Waals surface area contributed by atoms with Crippen molar-refractivity contribution in [2.24, 2.45) is 0 Å². The van der Waals surface area contributed by atoms with E-state index in [1.807, 2.05) is 6.07 Å². The van der Waals surface area contributed by atoms with E-state index in [1.54, 1.807) is 61.5 Å². The van der Waals surface area contributed by atoms with Gasteiger partial charge < -0.3 is 10.1 Å². The average molecular weight is 412 g/mol. The van der Waals surface area contributed by atoms with Crippen molar-refractivity contribution in [3.05, 3.63) is 76.6 Å². The number of ether oxygens (including phenoxy) is 1. The highest BCUT2D eigenvalue weighted by Crippen LogP contribution is 2.17. The predicted octanol–water partition coefficient (Wildman–Crippen LogP) is 2.82. The van der Waals surface area contributed by atoms with Crippen LogP contribution < -0.4 is 5.32 Å². The van der Waals surface area contributed by atoms with Gasteiger partial charge >= 0.3 is 5.97 Å². The molecule has 3 aromatic rings. The van der Waals surface area contributed by atoms with Gasteiger partial charge in [0.25, 0.3) is 5.91 Å². The Labute approximate surface area is 172 Å². The number of nitrogens with one attached hydrogen (secondary N) is 1. The van der Waals surface area contributed by atoms with Crippen molar-refractivity contribution in [3.8, 4) is 0 Å². The van der Waals surface area contributed by atoms with E-state index >= 15 is 0 Å². The second-order valence-corrected chi connectivity index (χ2v) is 6.33. The van der Waals surface area contributed by atoms with Gasteiger partial charge in [-0.25, -0.2) is 4.68 Å². The molecule has 148 valence electrons. The third kappa shape index (κ3) is 5.49. The zero-order valence-corrected chi connectivity index (χ0v) is 16.3. The first kappa shape index (κ1) is 20.2. The van der Waals surface area contributed by atoms with Gasteiger partial charge in [-0.1, -0.05) is 41.9 Å². The molecular formula is C20H18ClN5O3. The summed E-state index contributed by atoms with van der Waals surface area (Å²) in [6, 6.07) is 15.8. The number of nitrogens with zero attached hydrogens (tertiary/aromatic N) is 4. The van der Waals surface area contributed by atoms with Crippen LogP contribution in [0, 0.1) is 0 Å². The monoisotopic (exact) mass is 411 g/mol. The van der Waals surface area contributed by atoms with E-state index in [2.05, 4.69) is 20.8 Å². The van der Waals surface area contributed by atoms with E-state index < -0.39 is 5.97 Å². The van der Waals surface area contributed by atoms with E-state index in [4.69, 9.17) is 16.3 Å². The molecule has 0 spiro atoms. The summed E-state index contributed by atoms with van der Waals surface area (Å²) in [6.45, 7) is 1.77. The maximum absolute atomic E-state index is 12.7. The second kappa shape index (κ2) is 9.61. The molecule has 0 aliphatic carbocycles. The number of tetrazole rings is 1. The lowest BCUT2D eigenvalue weighted by molar-refractivity contribution is -0.144. The number of hydrogen-bond acceptors (Lipinski definition) is 6. The fraction of sp³-hybridized carbons (Fsp3) is 0.150. The summed E-state index contributed by atoms with van der Waals surface area (Å²) in [5, 5.41) is 14.9. The molecular weight excluding hydrogens is 394 g/mol. The summed E-state index contributed by atoms with van der Waals surface area (Å²) in [7, 11) is 0. The van der Waals surface area contributed by atoms with Gasteiger partial charge in [0.05, 0.1) is 12.3 Å². The largest absolute Gasteiger partial charge is 0.465 e. The van der Waals surface area contributed by atoms with Crippen molar-refractivity contribution >= 4 is 35.3 Å². The van der Waals surface area contributed by atoms with Crippen molar-refractivity contribution in [1.29, 1.82) is 0 Å². The fourth-order valence-corrected chi connectivity index (χ4v) is 2.63. The van der Waals surface area contributed by atoms with Gasteiger partial charge in [-0.15, -0.1) is 5.10 Å². The summed E-state index contributed by atoms with van der Waals surface area (Å²) in [5.74, 6) is -0.602. The van der Waals surface area contributed by atoms with Crippen LogP contribution in [0.1, 0.15) is 28.7 Å². The van der Waals surface area contributed by atoms with Crippen LogP contribution in [-0.2, 0) is 16.1 Å². The lowest BCUT2D eigenvalue weighted by Crippen LogP contribution is -2.25. The number of carbonyl (C=O) groups is 2. The van der Waals surface area contributed by atoms with Crippen molar-refractivity contribution in [1.82, 2.24) is 25.5 Å². The number of hydrogen-bond donors (Lipinski definition) is 1. The molecule has 0 aliphatic heterocycles. The second-order valence-electron chi connectivity index (χ2n) is 5.89. The van der Waals surface area contributed by atoms with Crippen LogP contribution in [0.15, 0.2) is 54.6 Å². The molecule has 8 nitrogen and oxygen atoms in total. The number of amides is 1. The molecule has 0 bridgehead atoms. The fourth-order valence-electron chi connectivity index (χ4n) is 2.50. The third-order valence-electron chi connectivity index (χ3n) is 3.82. The van der Waals surface area contributed by atoms with E-state index in [9.17, 15) is 9.59 Å². The minimum atomic E-state index is -0.485. The molecule has 29 heavy (non-hydrogen) atoms. The molecule has 0 radical (unpaired) electrons. The van der Waals surface area contributed by atoms with Crippen molar-refractivity contribution in [2.45, 2.75) is 13.5 Å². The van der Waals surface area contributed by atoms with E-state index in [1.165, 1.54) is 4.68 Å². The highest BCUT2D eigenvalue weighted by molar-refractivity contribution is 6.30. The molecule has 0 unspecified atom stereocenters. The Hall–Kier alpha value is -3.52. The highest BCUT2D eigenvalue weighted by atomic mass is 35.5. The Morgan fingerprint density at radius 3 is 2.55 bits per heavy atom. The van der Waals surface area contributed by atoms with Crippen LogP contribution in [0.5, 0.6) is 0 Å². The molecule has 0 saturated carbocycles. The molecule has 1 amide bonds. The molecule has 1 N–H and O–H groups in total. The Balaban J connectivity index is 1.95. The van der Waals surface area contributed by atoms with Crippen LogP contribution in [0.3, 0.4) is 0 Å².